The minimum absolute atomic E-state index is 0.0423. The van der Waals surface area contributed by atoms with Crippen LogP contribution in [0.4, 0.5) is 13.2 Å². The summed E-state index contributed by atoms with van der Waals surface area (Å²) in [5, 5.41) is 0. The summed E-state index contributed by atoms with van der Waals surface area (Å²) in [4.78, 5) is 25.7. The largest absolute Gasteiger partial charge is 0.573 e. The van der Waals surface area contributed by atoms with Crippen molar-refractivity contribution < 1.29 is 32.2 Å². The third-order valence-electron chi connectivity index (χ3n) is 2.48. The van der Waals surface area contributed by atoms with Crippen molar-refractivity contribution in [1.82, 2.24) is 4.90 Å². The summed E-state index contributed by atoms with van der Waals surface area (Å²) >= 11 is 0. The molecule has 1 aromatic carbocycles. The number of alkyl halides is 3. The van der Waals surface area contributed by atoms with Crippen LogP contribution in [-0.4, -0.2) is 43.7 Å². The van der Waals surface area contributed by atoms with E-state index in [0.29, 0.717) is 0 Å². The molecule has 8 heteroatoms. The number of ether oxygens (including phenoxy) is 2. The highest BCUT2D eigenvalue weighted by atomic mass is 19.4. The smallest absolute Gasteiger partial charge is 0.462 e. The van der Waals surface area contributed by atoms with Crippen LogP contribution in [0.1, 0.15) is 17.3 Å². The van der Waals surface area contributed by atoms with Gasteiger partial charge >= 0.3 is 12.3 Å². The van der Waals surface area contributed by atoms with E-state index in [1.54, 1.807) is 21.0 Å². The van der Waals surface area contributed by atoms with Crippen LogP contribution in [-0.2, 0) is 9.53 Å². The van der Waals surface area contributed by atoms with Gasteiger partial charge in [0, 0.05) is 25.9 Å². The van der Waals surface area contributed by atoms with Gasteiger partial charge in [-0.15, -0.1) is 13.2 Å². The normalized spacial score (nSPS) is 11.8. The summed E-state index contributed by atoms with van der Waals surface area (Å²) in [5.74, 6) is -1.92. The van der Waals surface area contributed by atoms with E-state index in [4.69, 9.17) is 4.74 Å². The molecule has 126 valence electrons. The Morgan fingerprint density at radius 2 is 1.74 bits per heavy atom. The fraction of sp³-hybridized carbons (Fsp3) is 0.333. The molecule has 0 unspecified atom stereocenters. The molecular formula is C15H16F3NO4. The number of hydrogen-bond acceptors (Lipinski definition) is 5. The summed E-state index contributed by atoms with van der Waals surface area (Å²) in [6.45, 7) is 1.69. The Balaban J connectivity index is 3.03. The predicted octanol–water partition coefficient (Wildman–Crippen LogP) is 2.78. The van der Waals surface area contributed by atoms with Crippen LogP contribution >= 0.6 is 0 Å². The highest BCUT2D eigenvalue weighted by molar-refractivity contribution is 6.24. The monoisotopic (exact) mass is 331 g/mol. The number of halogens is 3. The molecule has 0 aliphatic carbocycles. The Morgan fingerprint density at radius 3 is 2.17 bits per heavy atom. The molecule has 5 nitrogen and oxygen atoms in total. The van der Waals surface area contributed by atoms with E-state index in [0.717, 1.165) is 24.3 Å². The fourth-order valence-electron chi connectivity index (χ4n) is 1.63. The van der Waals surface area contributed by atoms with E-state index in [9.17, 15) is 22.8 Å². The number of Topliss-reactive ketones (excluding diaryl/α,β-unsaturated/α-hetero) is 1. The lowest BCUT2D eigenvalue weighted by Gasteiger charge is -2.12. The van der Waals surface area contributed by atoms with Gasteiger partial charge in [0.15, 0.2) is 0 Å². The lowest BCUT2D eigenvalue weighted by Crippen LogP contribution is -2.20. The molecule has 0 amide bonds. The summed E-state index contributed by atoms with van der Waals surface area (Å²) in [6, 6.07) is 4.29. The van der Waals surface area contributed by atoms with E-state index in [2.05, 4.69) is 4.74 Å². The highest BCUT2D eigenvalue weighted by Gasteiger charge is 2.31. The van der Waals surface area contributed by atoms with Gasteiger partial charge in [-0.25, -0.2) is 4.79 Å². The maximum Gasteiger partial charge on any atom is 0.573 e. The second-order valence-corrected chi connectivity index (χ2v) is 4.63. The van der Waals surface area contributed by atoms with Gasteiger partial charge < -0.3 is 14.4 Å². The van der Waals surface area contributed by atoms with Crippen molar-refractivity contribution in [3.8, 4) is 5.75 Å². The van der Waals surface area contributed by atoms with Crippen LogP contribution in [0.15, 0.2) is 36.0 Å². The molecule has 0 aromatic heterocycles. The van der Waals surface area contributed by atoms with Crippen molar-refractivity contribution in [3.05, 3.63) is 41.6 Å². The Kier molecular flexibility index (Phi) is 6.18. The van der Waals surface area contributed by atoms with Crippen LogP contribution < -0.4 is 4.74 Å². The van der Waals surface area contributed by atoms with E-state index in [1.807, 2.05) is 0 Å². The molecule has 0 spiro atoms. The lowest BCUT2D eigenvalue weighted by molar-refractivity contribution is -0.274. The van der Waals surface area contributed by atoms with Crippen molar-refractivity contribution >= 4 is 11.8 Å². The van der Waals surface area contributed by atoms with Gasteiger partial charge in [-0.1, -0.05) is 0 Å². The number of esters is 1. The SMILES string of the molecule is CCOC(=O)C(=CN(C)C)C(=O)c1ccc(OC(F)(F)F)cc1. The van der Waals surface area contributed by atoms with Gasteiger partial charge in [0.2, 0.25) is 5.78 Å². The number of rotatable bonds is 6. The van der Waals surface area contributed by atoms with Gasteiger partial charge in [-0.3, -0.25) is 4.79 Å². The number of carbonyl (C=O) groups excluding carboxylic acids is 2. The van der Waals surface area contributed by atoms with Gasteiger partial charge in [-0.05, 0) is 31.2 Å². The van der Waals surface area contributed by atoms with Crippen LogP contribution in [0.2, 0.25) is 0 Å². The lowest BCUT2D eigenvalue weighted by atomic mass is 10.0. The summed E-state index contributed by atoms with van der Waals surface area (Å²) in [5.41, 5.74) is -0.179. The van der Waals surface area contributed by atoms with Crippen LogP contribution in [0.5, 0.6) is 5.75 Å². The van der Waals surface area contributed by atoms with E-state index in [-0.39, 0.29) is 17.7 Å². The van der Waals surface area contributed by atoms with E-state index >= 15 is 0 Å². The maximum absolute atomic E-state index is 12.3. The van der Waals surface area contributed by atoms with Crippen molar-refractivity contribution in [2.75, 3.05) is 20.7 Å². The first-order chi connectivity index (χ1) is 10.6. The molecule has 0 N–H and O–H groups in total. The number of ketones is 1. The van der Waals surface area contributed by atoms with Gasteiger partial charge in [0.25, 0.3) is 0 Å². The van der Waals surface area contributed by atoms with Crippen molar-refractivity contribution in [2.45, 2.75) is 13.3 Å². The highest BCUT2D eigenvalue weighted by Crippen LogP contribution is 2.23. The third kappa shape index (κ3) is 6.01. The minimum atomic E-state index is -4.81. The van der Waals surface area contributed by atoms with E-state index < -0.39 is 23.9 Å². The Bertz CT molecular complexity index is 592. The summed E-state index contributed by atoms with van der Waals surface area (Å²) < 4.78 is 44.8. The average molecular weight is 331 g/mol. The van der Waals surface area contributed by atoms with Crippen LogP contribution in [0.25, 0.3) is 0 Å². The molecule has 0 saturated heterocycles. The second-order valence-electron chi connectivity index (χ2n) is 4.63. The Morgan fingerprint density at radius 1 is 1.17 bits per heavy atom. The van der Waals surface area contributed by atoms with Crippen LogP contribution in [0.3, 0.4) is 0 Å². The molecule has 1 rings (SSSR count). The molecule has 0 bridgehead atoms. The van der Waals surface area contributed by atoms with Crippen molar-refractivity contribution in [1.29, 1.82) is 0 Å². The van der Waals surface area contributed by atoms with Gasteiger partial charge in [0.05, 0.1) is 6.61 Å². The standard InChI is InChI=1S/C15H16F3NO4/c1-4-22-14(21)12(9-19(2)3)13(20)10-5-7-11(8-6-10)23-15(16,17)18/h5-9H,4H2,1-3H3. The number of carbonyl (C=O) groups is 2. The molecule has 0 radical (unpaired) electrons. The zero-order chi connectivity index (χ0) is 17.6. The van der Waals surface area contributed by atoms with Gasteiger partial charge in [-0.2, -0.15) is 0 Å². The zero-order valence-electron chi connectivity index (χ0n) is 12.8. The Hall–Kier alpha value is -2.51. The third-order valence-corrected chi connectivity index (χ3v) is 2.48. The van der Waals surface area contributed by atoms with Gasteiger partial charge in [0.1, 0.15) is 11.3 Å². The molecule has 0 aliphatic heterocycles. The number of benzene rings is 1. The molecule has 0 heterocycles. The first-order valence-corrected chi connectivity index (χ1v) is 6.60. The molecule has 0 fully saturated rings. The molecule has 0 saturated carbocycles. The number of nitrogens with zero attached hydrogens (tertiary/aromatic N) is 1. The zero-order valence-corrected chi connectivity index (χ0v) is 12.8. The molecule has 23 heavy (non-hydrogen) atoms. The molecule has 1 aromatic rings. The molecule has 0 atom stereocenters. The average Bonchev–Trinajstić information content (AvgIpc) is 2.43. The fourth-order valence-corrected chi connectivity index (χ4v) is 1.63. The topological polar surface area (TPSA) is 55.8 Å². The molecular weight excluding hydrogens is 315 g/mol. The first kappa shape index (κ1) is 18.5. The van der Waals surface area contributed by atoms with Crippen molar-refractivity contribution in [3.63, 3.8) is 0 Å². The predicted molar refractivity (Wildman–Crippen MR) is 75.9 cm³/mol. The number of hydrogen-bond donors (Lipinski definition) is 0. The second kappa shape index (κ2) is 7.66. The maximum atomic E-state index is 12.3. The molecule has 0 aliphatic rings. The summed E-state index contributed by atoms with van der Waals surface area (Å²) in [7, 11) is 3.24. The van der Waals surface area contributed by atoms with Crippen LogP contribution in [0, 0.1) is 0 Å². The van der Waals surface area contributed by atoms with Crippen molar-refractivity contribution in [2.24, 2.45) is 0 Å². The summed E-state index contributed by atoms with van der Waals surface area (Å²) in [6.07, 6.45) is -3.52. The Labute approximate surface area is 131 Å². The first-order valence-electron chi connectivity index (χ1n) is 6.60. The quantitative estimate of drug-likeness (QED) is 0.264. The minimum Gasteiger partial charge on any atom is -0.462 e. The van der Waals surface area contributed by atoms with E-state index in [1.165, 1.54) is 11.1 Å².